The molecule has 0 aliphatic rings. The summed E-state index contributed by atoms with van der Waals surface area (Å²) in [4.78, 5) is 14.2. The predicted octanol–water partition coefficient (Wildman–Crippen LogP) is 1.14. The van der Waals surface area contributed by atoms with Crippen LogP contribution >= 0.6 is 12.6 Å². The van der Waals surface area contributed by atoms with Crippen LogP contribution in [0.3, 0.4) is 0 Å². The maximum atomic E-state index is 10.4. The molecule has 11 heavy (non-hydrogen) atoms. The highest BCUT2D eigenvalue weighted by Crippen LogP contribution is 2.18. The molecule has 1 N–H and O–H groups in total. The van der Waals surface area contributed by atoms with Crippen LogP contribution in [0.15, 0.2) is 24.5 Å². The van der Waals surface area contributed by atoms with Gasteiger partial charge in [0.15, 0.2) is 0 Å². The maximum Gasteiger partial charge on any atom is 0.320 e. The highest BCUT2D eigenvalue weighted by Gasteiger charge is 2.13. The monoisotopic (exact) mass is 169 g/mol. The van der Waals surface area contributed by atoms with Gasteiger partial charge in [-0.2, -0.15) is 12.6 Å². The van der Waals surface area contributed by atoms with Crippen LogP contribution < -0.4 is 0 Å². The summed E-state index contributed by atoms with van der Waals surface area (Å²) in [6, 6.07) is 3.26. The average molecular weight is 169 g/mol. The Balaban J connectivity index is 2.85. The number of carboxylic acid groups (broad SMARTS) is 1. The van der Waals surface area contributed by atoms with E-state index in [1.54, 1.807) is 24.5 Å². The first kappa shape index (κ1) is 8.07. The minimum absolute atomic E-state index is 0.649. The summed E-state index contributed by atoms with van der Waals surface area (Å²) in [6.07, 6.45) is 3.09. The van der Waals surface area contributed by atoms with Gasteiger partial charge < -0.3 is 5.11 Å². The van der Waals surface area contributed by atoms with Crippen molar-refractivity contribution in [3.63, 3.8) is 0 Å². The predicted molar refractivity (Wildman–Crippen MR) is 43.6 cm³/mol. The molecular formula is C7H7NO2S. The topological polar surface area (TPSA) is 50.2 Å². The molecule has 1 atom stereocenters. The first-order valence-electron chi connectivity index (χ1n) is 3.02. The van der Waals surface area contributed by atoms with Crippen molar-refractivity contribution < 1.29 is 9.90 Å². The van der Waals surface area contributed by atoms with Gasteiger partial charge in [0, 0.05) is 12.4 Å². The quantitative estimate of drug-likeness (QED) is 0.653. The van der Waals surface area contributed by atoms with E-state index in [0.717, 1.165) is 0 Å². The van der Waals surface area contributed by atoms with Gasteiger partial charge in [-0.25, -0.2) is 0 Å². The minimum atomic E-state index is -0.945. The molecule has 0 radical (unpaired) electrons. The van der Waals surface area contributed by atoms with E-state index >= 15 is 0 Å². The molecule has 3 nitrogen and oxygen atoms in total. The second-order valence-corrected chi connectivity index (χ2v) is 2.54. The summed E-state index contributed by atoms with van der Waals surface area (Å²) in [5.74, 6) is -0.945. The Morgan fingerprint density at radius 3 is 2.55 bits per heavy atom. The second-order valence-electron chi connectivity index (χ2n) is 2.02. The van der Waals surface area contributed by atoms with Crippen LogP contribution in [0.2, 0.25) is 0 Å². The molecule has 1 aromatic rings. The number of hydrogen-bond acceptors (Lipinski definition) is 3. The number of rotatable bonds is 2. The van der Waals surface area contributed by atoms with Gasteiger partial charge in [-0.1, -0.05) is 0 Å². The van der Waals surface area contributed by atoms with E-state index in [0.29, 0.717) is 5.56 Å². The molecule has 1 unspecified atom stereocenters. The maximum absolute atomic E-state index is 10.4. The fourth-order valence-electron chi connectivity index (χ4n) is 0.688. The van der Waals surface area contributed by atoms with Crippen LogP contribution in [0.5, 0.6) is 0 Å². The fourth-order valence-corrected chi connectivity index (χ4v) is 0.860. The minimum Gasteiger partial charge on any atom is -0.480 e. The third kappa shape index (κ3) is 1.94. The number of aliphatic carboxylic acids is 1. The van der Waals surface area contributed by atoms with Gasteiger partial charge in [0.05, 0.1) is 0 Å². The number of pyridine rings is 1. The number of nitrogens with zero attached hydrogens (tertiary/aromatic N) is 1. The summed E-state index contributed by atoms with van der Waals surface area (Å²) in [6.45, 7) is 0. The molecule has 4 heteroatoms. The van der Waals surface area contributed by atoms with E-state index in [4.69, 9.17) is 5.11 Å². The zero-order valence-electron chi connectivity index (χ0n) is 5.64. The number of aromatic nitrogens is 1. The third-order valence-electron chi connectivity index (χ3n) is 1.26. The summed E-state index contributed by atoms with van der Waals surface area (Å²) in [5.41, 5.74) is 0.649. The lowest BCUT2D eigenvalue weighted by Crippen LogP contribution is -2.04. The average Bonchev–Trinajstić information content (AvgIpc) is 2.05. The van der Waals surface area contributed by atoms with Gasteiger partial charge in [-0.05, 0) is 17.7 Å². The molecule has 1 aromatic heterocycles. The molecule has 0 aromatic carbocycles. The standard InChI is InChI=1S/C7H7NO2S/c9-7(10)6(11)5-1-3-8-4-2-5/h1-4,6,11H,(H,9,10). The van der Waals surface area contributed by atoms with Gasteiger partial charge in [-0.3, -0.25) is 9.78 Å². The van der Waals surface area contributed by atoms with Crippen LogP contribution in [0.1, 0.15) is 10.8 Å². The van der Waals surface area contributed by atoms with Crippen molar-refractivity contribution in [3.05, 3.63) is 30.1 Å². The molecule has 0 aliphatic heterocycles. The van der Waals surface area contributed by atoms with Gasteiger partial charge in [0.25, 0.3) is 0 Å². The number of hydrogen-bond donors (Lipinski definition) is 2. The van der Waals surface area contributed by atoms with E-state index in [1.165, 1.54) is 0 Å². The van der Waals surface area contributed by atoms with Crippen LogP contribution in [0.4, 0.5) is 0 Å². The van der Waals surface area contributed by atoms with E-state index < -0.39 is 11.2 Å². The van der Waals surface area contributed by atoms with Crippen molar-refractivity contribution in [2.24, 2.45) is 0 Å². The Hall–Kier alpha value is -1.03. The van der Waals surface area contributed by atoms with Gasteiger partial charge >= 0.3 is 5.97 Å². The lowest BCUT2D eigenvalue weighted by Gasteiger charge is -2.02. The van der Waals surface area contributed by atoms with E-state index in [2.05, 4.69) is 17.6 Å². The van der Waals surface area contributed by atoms with Gasteiger partial charge in [0.2, 0.25) is 0 Å². The number of carboxylic acids is 1. The zero-order chi connectivity index (χ0) is 8.27. The van der Waals surface area contributed by atoms with Gasteiger partial charge in [0.1, 0.15) is 5.25 Å². The summed E-state index contributed by atoms with van der Waals surface area (Å²) in [5, 5.41) is 7.79. The summed E-state index contributed by atoms with van der Waals surface area (Å²) in [7, 11) is 0. The summed E-state index contributed by atoms with van der Waals surface area (Å²) < 4.78 is 0. The molecule has 0 amide bonds. The zero-order valence-corrected chi connectivity index (χ0v) is 6.53. The number of thiol groups is 1. The highest BCUT2D eigenvalue weighted by molar-refractivity contribution is 7.81. The van der Waals surface area contributed by atoms with Crippen LogP contribution in [-0.4, -0.2) is 16.1 Å². The van der Waals surface area contributed by atoms with Crippen LogP contribution in [-0.2, 0) is 4.79 Å². The Labute approximate surface area is 69.5 Å². The van der Waals surface area contributed by atoms with Crippen molar-refractivity contribution >= 4 is 18.6 Å². The smallest absolute Gasteiger partial charge is 0.320 e. The van der Waals surface area contributed by atoms with E-state index in [9.17, 15) is 4.79 Å². The SMILES string of the molecule is O=C(O)C(S)c1ccncc1. The fraction of sp³-hybridized carbons (Fsp3) is 0.143. The summed E-state index contributed by atoms with van der Waals surface area (Å²) >= 11 is 3.89. The molecule has 0 saturated carbocycles. The molecule has 0 fully saturated rings. The molecule has 0 spiro atoms. The van der Waals surface area contributed by atoms with E-state index in [1.807, 2.05) is 0 Å². The van der Waals surface area contributed by atoms with Crippen LogP contribution in [0.25, 0.3) is 0 Å². The van der Waals surface area contributed by atoms with Gasteiger partial charge in [-0.15, -0.1) is 0 Å². The normalized spacial score (nSPS) is 12.5. The Morgan fingerprint density at radius 1 is 1.55 bits per heavy atom. The van der Waals surface area contributed by atoms with Crippen molar-refractivity contribution in [2.45, 2.75) is 5.25 Å². The largest absolute Gasteiger partial charge is 0.480 e. The van der Waals surface area contributed by atoms with Crippen molar-refractivity contribution in [1.82, 2.24) is 4.98 Å². The highest BCUT2D eigenvalue weighted by atomic mass is 32.1. The lowest BCUT2D eigenvalue weighted by molar-refractivity contribution is -0.136. The molecule has 0 saturated heterocycles. The second kappa shape index (κ2) is 3.39. The van der Waals surface area contributed by atoms with Crippen molar-refractivity contribution in [1.29, 1.82) is 0 Å². The Morgan fingerprint density at radius 2 is 2.09 bits per heavy atom. The number of carbonyl (C=O) groups is 1. The molecule has 0 aliphatic carbocycles. The van der Waals surface area contributed by atoms with Crippen molar-refractivity contribution in [2.75, 3.05) is 0 Å². The van der Waals surface area contributed by atoms with Crippen molar-refractivity contribution in [3.8, 4) is 0 Å². The molecule has 1 heterocycles. The van der Waals surface area contributed by atoms with E-state index in [-0.39, 0.29) is 0 Å². The first-order chi connectivity index (χ1) is 5.22. The Kier molecular flexibility index (Phi) is 2.48. The first-order valence-corrected chi connectivity index (χ1v) is 3.54. The molecular weight excluding hydrogens is 162 g/mol. The van der Waals surface area contributed by atoms with Crippen LogP contribution in [0, 0.1) is 0 Å². The molecule has 0 bridgehead atoms. The Bertz CT molecular complexity index is 250. The molecule has 1 rings (SSSR count). The molecule has 58 valence electrons. The lowest BCUT2D eigenvalue weighted by atomic mass is 10.2. The third-order valence-corrected chi connectivity index (χ3v) is 1.77.